The molecule has 0 saturated carbocycles. The van der Waals surface area contributed by atoms with E-state index in [1.54, 1.807) is 31.2 Å². The van der Waals surface area contributed by atoms with Gasteiger partial charge in [-0.15, -0.1) is 0 Å². The van der Waals surface area contributed by atoms with Gasteiger partial charge in [-0.25, -0.2) is 0 Å². The summed E-state index contributed by atoms with van der Waals surface area (Å²) in [5.41, 5.74) is 0.411. The maximum atomic E-state index is 11.9. The molecule has 21 heavy (non-hydrogen) atoms. The minimum Gasteiger partial charge on any atom is -0.480 e. The zero-order valence-electron chi connectivity index (χ0n) is 12.5. The van der Waals surface area contributed by atoms with Gasteiger partial charge < -0.3 is 15.2 Å². The van der Waals surface area contributed by atoms with Crippen LogP contribution in [0.3, 0.4) is 0 Å². The third-order valence-electron chi connectivity index (χ3n) is 3.17. The molecule has 0 bridgehead atoms. The second-order valence-corrected chi connectivity index (χ2v) is 5.09. The van der Waals surface area contributed by atoms with Crippen LogP contribution in [0.1, 0.15) is 32.3 Å². The molecule has 5 heteroatoms. The van der Waals surface area contributed by atoms with Gasteiger partial charge >= 0.3 is 0 Å². The van der Waals surface area contributed by atoms with E-state index in [2.05, 4.69) is 5.32 Å². The third kappa shape index (κ3) is 5.84. The molecule has 2 unspecified atom stereocenters. The highest BCUT2D eigenvalue weighted by molar-refractivity contribution is 5.80. The highest BCUT2D eigenvalue weighted by Gasteiger charge is 2.15. The highest BCUT2D eigenvalue weighted by atomic mass is 16.5. The van der Waals surface area contributed by atoms with Crippen molar-refractivity contribution in [2.24, 2.45) is 5.92 Å². The van der Waals surface area contributed by atoms with Crippen molar-refractivity contribution in [2.75, 3.05) is 13.2 Å². The summed E-state index contributed by atoms with van der Waals surface area (Å²) in [7, 11) is 0. The smallest absolute Gasteiger partial charge is 0.260 e. The molecule has 1 aromatic carbocycles. The van der Waals surface area contributed by atoms with Gasteiger partial charge in [-0.1, -0.05) is 19.1 Å². The quantitative estimate of drug-likeness (QED) is 0.716. The first-order chi connectivity index (χ1) is 10.1. The number of carbonyl (C=O) groups is 1. The molecule has 114 valence electrons. The summed E-state index contributed by atoms with van der Waals surface area (Å²) in [4.78, 5) is 11.9. The Morgan fingerprint density at radius 3 is 2.81 bits per heavy atom. The van der Waals surface area contributed by atoms with Gasteiger partial charge in [0.2, 0.25) is 0 Å². The van der Waals surface area contributed by atoms with E-state index in [0.29, 0.717) is 17.9 Å². The monoisotopic (exact) mass is 290 g/mol. The van der Waals surface area contributed by atoms with Crippen LogP contribution >= 0.6 is 0 Å². The number of amides is 1. The van der Waals surface area contributed by atoms with Crippen molar-refractivity contribution in [3.05, 3.63) is 29.8 Å². The van der Waals surface area contributed by atoms with Crippen LogP contribution in [0.5, 0.6) is 5.75 Å². The largest absolute Gasteiger partial charge is 0.480 e. The molecule has 0 aliphatic heterocycles. The third-order valence-corrected chi connectivity index (χ3v) is 3.17. The maximum Gasteiger partial charge on any atom is 0.260 e. The second kappa shape index (κ2) is 8.98. The van der Waals surface area contributed by atoms with Gasteiger partial charge in [-0.3, -0.25) is 4.79 Å². The van der Waals surface area contributed by atoms with Crippen molar-refractivity contribution in [3.8, 4) is 11.8 Å². The van der Waals surface area contributed by atoms with E-state index in [-0.39, 0.29) is 18.4 Å². The summed E-state index contributed by atoms with van der Waals surface area (Å²) in [5, 5.41) is 20.7. The van der Waals surface area contributed by atoms with Crippen molar-refractivity contribution >= 4 is 5.91 Å². The predicted molar refractivity (Wildman–Crippen MR) is 79.7 cm³/mol. The van der Waals surface area contributed by atoms with Crippen LogP contribution in [-0.4, -0.2) is 30.3 Å². The number of hydrogen-bond donors (Lipinski definition) is 2. The molecule has 0 aliphatic rings. The molecule has 0 spiro atoms. The van der Waals surface area contributed by atoms with E-state index in [9.17, 15) is 4.79 Å². The lowest BCUT2D eigenvalue weighted by atomic mass is 10.1. The summed E-state index contributed by atoms with van der Waals surface area (Å²) in [6, 6.07) is 8.86. The molecule has 2 atom stereocenters. The molecule has 0 aliphatic carbocycles. The first-order valence-corrected chi connectivity index (χ1v) is 7.12. The van der Waals surface area contributed by atoms with Gasteiger partial charge in [0, 0.05) is 13.2 Å². The van der Waals surface area contributed by atoms with E-state index >= 15 is 0 Å². The molecule has 0 heterocycles. The highest BCUT2D eigenvalue weighted by Crippen LogP contribution is 2.18. The van der Waals surface area contributed by atoms with Gasteiger partial charge in [0.05, 0.1) is 5.56 Å². The lowest BCUT2D eigenvalue weighted by Gasteiger charge is -2.15. The number of rotatable bonds is 8. The first kappa shape index (κ1) is 17.0. The van der Waals surface area contributed by atoms with E-state index in [1.165, 1.54) is 0 Å². The lowest BCUT2D eigenvalue weighted by molar-refractivity contribution is -0.127. The van der Waals surface area contributed by atoms with Crippen molar-refractivity contribution < 1.29 is 14.6 Å². The van der Waals surface area contributed by atoms with Crippen LogP contribution in [0.4, 0.5) is 0 Å². The summed E-state index contributed by atoms with van der Waals surface area (Å²) in [5.74, 6) is 0.453. The Hall–Kier alpha value is -2.06. The predicted octanol–water partition coefficient (Wildman–Crippen LogP) is 1.85. The Kier molecular flexibility index (Phi) is 7.27. The molecule has 2 N–H and O–H groups in total. The Morgan fingerprint density at radius 1 is 1.43 bits per heavy atom. The SMILES string of the molecule is CC(CO)CCCNC(=O)C(C)Oc1ccccc1C#N. The van der Waals surface area contributed by atoms with Gasteiger partial charge in [-0.2, -0.15) is 5.26 Å². The zero-order chi connectivity index (χ0) is 15.7. The Bertz CT molecular complexity index is 497. The van der Waals surface area contributed by atoms with Gasteiger partial charge in [0.25, 0.3) is 5.91 Å². The van der Waals surface area contributed by atoms with Crippen molar-refractivity contribution in [3.63, 3.8) is 0 Å². The van der Waals surface area contributed by atoms with Crippen LogP contribution in [0, 0.1) is 17.2 Å². The fourth-order valence-corrected chi connectivity index (χ4v) is 1.80. The number of ether oxygens (including phenoxy) is 1. The minimum absolute atomic E-state index is 0.165. The maximum absolute atomic E-state index is 11.9. The number of para-hydroxylation sites is 1. The van der Waals surface area contributed by atoms with E-state index < -0.39 is 6.10 Å². The van der Waals surface area contributed by atoms with E-state index in [1.807, 2.05) is 13.0 Å². The molecule has 1 amide bonds. The van der Waals surface area contributed by atoms with Crippen LogP contribution in [0.25, 0.3) is 0 Å². The van der Waals surface area contributed by atoms with E-state index in [0.717, 1.165) is 12.8 Å². The number of nitrogens with zero attached hydrogens (tertiary/aromatic N) is 1. The van der Waals surface area contributed by atoms with Gasteiger partial charge in [-0.05, 0) is 37.8 Å². The van der Waals surface area contributed by atoms with Gasteiger partial charge in [0.1, 0.15) is 11.8 Å². The van der Waals surface area contributed by atoms with Crippen molar-refractivity contribution in [2.45, 2.75) is 32.8 Å². The number of nitriles is 1. The fourth-order valence-electron chi connectivity index (χ4n) is 1.80. The Labute approximate surface area is 125 Å². The number of benzene rings is 1. The molecule has 1 aromatic rings. The molecule has 5 nitrogen and oxygen atoms in total. The lowest BCUT2D eigenvalue weighted by Crippen LogP contribution is -2.37. The van der Waals surface area contributed by atoms with E-state index in [4.69, 9.17) is 15.1 Å². The molecular weight excluding hydrogens is 268 g/mol. The average molecular weight is 290 g/mol. The van der Waals surface area contributed by atoms with Crippen LogP contribution in [-0.2, 0) is 4.79 Å². The molecule has 0 aromatic heterocycles. The number of carbonyl (C=O) groups excluding carboxylic acids is 1. The van der Waals surface area contributed by atoms with Crippen molar-refractivity contribution in [1.29, 1.82) is 5.26 Å². The Balaban J connectivity index is 2.39. The summed E-state index contributed by atoms with van der Waals surface area (Å²) in [6.07, 6.45) is 1.02. The van der Waals surface area contributed by atoms with Crippen LogP contribution < -0.4 is 10.1 Å². The Morgan fingerprint density at radius 2 is 2.14 bits per heavy atom. The first-order valence-electron chi connectivity index (χ1n) is 7.12. The second-order valence-electron chi connectivity index (χ2n) is 5.09. The number of hydrogen-bond acceptors (Lipinski definition) is 4. The standard InChI is InChI=1S/C16H22N2O3/c1-12(11-19)6-5-9-18-16(20)13(2)21-15-8-4-3-7-14(15)10-17/h3-4,7-8,12-13,19H,5-6,9,11H2,1-2H3,(H,18,20). The fraction of sp³-hybridized carbons (Fsp3) is 0.500. The zero-order valence-corrected chi connectivity index (χ0v) is 12.5. The average Bonchev–Trinajstić information content (AvgIpc) is 2.51. The summed E-state index contributed by atoms with van der Waals surface area (Å²) < 4.78 is 5.52. The van der Waals surface area contributed by atoms with Crippen LogP contribution in [0.2, 0.25) is 0 Å². The number of aliphatic hydroxyl groups is 1. The van der Waals surface area contributed by atoms with Gasteiger partial charge in [0.15, 0.2) is 6.10 Å². The van der Waals surface area contributed by atoms with Crippen LogP contribution in [0.15, 0.2) is 24.3 Å². The minimum atomic E-state index is -0.658. The summed E-state index contributed by atoms with van der Waals surface area (Å²) in [6.45, 7) is 4.33. The normalized spacial score (nSPS) is 13.0. The molecule has 0 saturated heterocycles. The number of nitrogens with one attached hydrogen (secondary N) is 1. The molecule has 0 radical (unpaired) electrons. The molecular formula is C16H22N2O3. The molecule has 0 fully saturated rings. The van der Waals surface area contributed by atoms with Crippen molar-refractivity contribution in [1.82, 2.24) is 5.32 Å². The number of aliphatic hydroxyl groups excluding tert-OH is 1. The molecule has 1 rings (SSSR count). The summed E-state index contributed by atoms with van der Waals surface area (Å²) >= 11 is 0. The topological polar surface area (TPSA) is 82.3 Å².